The number of ketones is 1. The maximum absolute atomic E-state index is 15.1. The number of nitrogens with one attached hydrogen (secondary N) is 5. The number of primary amides is 1. The van der Waals surface area contributed by atoms with Crippen LogP contribution in [0.25, 0.3) is 38.7 Å². The van der Waals surface area contributed by atoms with Crippen LogP contribution in [0.2, 0.25) is 0 Å². The number of phenolic OH excluding ortho intramolecular Hbond substituents is 1. The number of fused-ring (bicyclic) bond motifs is 2. The summed E-state index contributed by atoms with van der Waals surface area (Å²) in [4.78, 5) is 155. The van der Waals surface area contributed by atoms with Gasteiger partial charge in [0.05, 0.1) is 41.2 Å². The number of amides is 8. The zero-order valence-electron chi connectivity index (χ0n) is 63.8. The molecule has 0 radical (unpaired) electrons. The normalized spacial score (nSPS) is 23.6. The lowest BCUT2D eigenvalue weighted by Gasteiger charge is -2.38. The van der Waals surface area contributed by atoms with Gasteiger partial charge >= 0.3 is 23.9 Å². The minimum atomic E-state index is -2.06. The third-order valence-corrected chi connectivity index (χ3v) is 20.8. The Bertz CT molecular complexity index is 4630. The van der Waals surface area contributed by atoms with Gasteiger partial charge in [-0.15, -0.1) is 0 Å². The summed E-state index contributed by atoms with van der Waals surface area (Å²) in [7, 11) is 1.42. The summed E-state index contributed by atoms with van der Waals surface area (Å²) in [5.41, 5.74) is 3.99. The van der Waals surface area contributed by atoms with Crippen LogP contribution in [0.15, 0.2) is 98.7 Å². The topological polar surface area (TPSA) is 437 Å². The molecule has 31 nitrogen and oxygen atoms in total. The van der Waals surface area contributed by atoms with Crippen LogP contribution in [0.1, 0.15) is 118 Å². The molecule has 1 aromatic heterocycles. The van der Waals surface area contributed by atoms with Gasteiger partial charge in [-0.1, -0.05) is 78.3 Å². The lowest BCUT2D eigenvalue weighted by molar-refractivity contribution is -0.160. The number of rotatable bonds is 25. The number of nitrogens with zero attached hydrogens (tertiary/aromatic N) is 4. The smallest absolute Gasteiger partial charge is 0.407 e. The second kappa shape index (κ2) is 36.6. The molecule has 8 amide bonds. The summed E-state index contributed by atoms with van der Waals surface area (Å²) < 4.78 is 36.2. The van der Waals surface area contributed by atoms with Gasteiger partial charge in [-0.05, 0) is 69.2 Å². The Labute approximate surface area is 635 Å². The number of aliphatic hydroxyl groups excluding tert-OH is 3. The predicted octanol–water partition coefficient (Wildman–Crippen LogP) is 6.20. The van der Waals surface area contributed by atoms with Crippen molar-refractivity contribution in [3.8, 4) is 11.5 Å². The van der Waals surface area contributed by atoms with E-state index in [1.165, 1.54) is 71.4 Å². The predicted molar refractivity (Wildman–Crippen MR) is 408 cm³/mol. The fourth-order valence-corrected chi connectivity index (χ4v) is 14.2. The van der Waals surface area contributed by atoms with Crippen LogP contribution >= 0.6 is 0 Å². The van der Waals surface area contributed by atoms with Gasteiger partial charge in [0.15, 0.2) is 28.2 Å². The first-order valence-electron chi connectivity index (χ1n) is 37.0. The van der Waals surface area contributed by atoms with Gasteiger partial charge in [-0.2, -0.15) is 0 Å². The fourth-order valence-electron chi connectivity index (χ4n) is 14.2. The quantitative estimate of drug-likeness (QED) is 0.0102. The molecule has 1 fully saturated rings. The van der Waals surface area contributed by atoms with Crippen LogP contribution in [0, 0.1) is 42.4 Å². The number of urea groups is 1. The Morgan fingerprint density at radius 3 is 2.19 bits per heavy atom. The molecule has 1 saturated heterocycles. The largest absolute Gasteiger partial charge is 0.507 e. The average Bonchev–Trinajstić information content (AvgIpc) is 1.44. The minimum Gasteiger partial charge on any atom is -0.507 e. The van der Waals surface area contributed by atoms with E-state index in [1.54, 1.807) is 84.0 Å². The summed E-state index contributed by atoms with van der Waals surface area (Å²) in [5, 5.41) is 60.6. The number of nitrogens with two attached hydrogens (primary N) is 1. The third-order valence-electron chi connectivity index (χ3n) is 20.8. The molecule has 0 saturated carbocycles. The van der Waals surface area contributed by atoms with Gasteiger partial charge in [-0.3, -0.25) is 53.0 Å². The molecule has 0 aliphatic carbocycles. The lowest BCUT2D eigenvalue weighted by atomic mass is 9.78. The Balaban J connectivity index is 0.855. The number of Topliss-reactive ketones (excluding diaryl/α,β-unsaturated/α-hetero) is 1. The van der Waals surface area contributed by atoms with Crippen molar-refractivity contribution >= 4 is 109 Å². The van der Waals surface area contributed by atoms with E-state index in [-0.39, 0.29) is 125 Å². The SMILES string of the molecule is CO[C@H]1/C=C/O[C@@]2(C)Oc3c(C)c(O)c4c(=O)c(c5oc6cc(N7CCN(CCNC(=O)OCc8ccc(NC(=O)[C@H](CCCNC(N)=O)CC(=O)[C@@H](NC(=O)CCCCCN9C(=O)C=CC9=O)C(C)C)cc8)CC7)cc(=O)c6nc5c4c3=C2O)NC(=O)/C(C)=C\C=C\[C@H](C)[C@H](O)[C@@H](C)[C@@H](O)[C@@H](C)[C@H](OC(C)=O)[C@@H]1C. The van der Waals surface area contributed by atoms with Crippen molar-refractivity contribution in [1.29, 1.82) is 0 Å². The molecular formula is C79H100N10O21. The first-order valence-corrected chi connectivity index (χ1v) is 37.0. The number of hydrogen-bond donors (Lipinski definition) is 10. The van der Waals surface area contributed by atoms with Gasteiger partial charge < -0.3 is 85.7 Å². The van der Waals surface area contributed by atoms with E-state index >= 15 is 4.79 Å². The Morgan fingerprint density at radius 1 is 0.827 bits per heavy atom. The summed E-state index contributed by atoms with van der Waals surface area (Å²) >= 11 is 0. The second-order valence-corrected chi connectivity index (χ2v) is 29.1. The number of aromatic hydroxyl groups is 1. The fraction of sp³-hybridized carbons (Fsp3) is 0.494. The van der Waals surface area contributed by atoms with Crippen molar-refractivity contribution in [3.05, 3.63) is 121 Å². The molecule has 5 heterocycles. The van der Waals surface area contributed by atoms with Crippen LogP contribution in [0.5, 0.6) is 11.5 Å². The lowest BCUT2D eigenvalue weighted by Crippen LogP contribution is -2.48. The summed E-state index contributed by atoms with van der Waals surface area (Å²) in [5.74, 6) is -10.6. The molecule has 11 N–H and O–H groups in total. The molecule has 4 bridgehead atoms. The highest BCUT2D eigenvalue weighted by Gasteiger charge is 2.45. The van der Waals surface area contributed by atoms with Crippen LogP contribution in [-0.4, -0.2) is 184 Å². The van der Waals surface area contributed by atoms with Gasteiger partial charge in [0.25, 0.3) is 17.7 Å². The van der Waals surface area contributed by atoms with Gasteiger partial charge in [0.2, 0.25) is 22.7 Å². The van der Waals surface area contributed by atoms with Crippen LogP contribution in [0.3, 0.4) is 0 Å². The molecule has 4 aliphatic rings. The number of ether oxygens (including phenoxy) is 5. The first-order chi connectivity index (χ1) is 52.2. The summed E-state index contributed by atoms with van der Waals surface area (Å²) in [6.45, 7) is 18.7. The highest BCUT2D eigenvalue weighted by Crippen LogP contribution is 2.43. The maximum atomic E-state index is 15.1. The van der Waals surface area contributed by atoms with E-state index in [9.17, 15) is 68.4 Å². The molecule has 5 aromatic rings. The molecular weight excluding hydrogens is 1420 g/mol. The summed E-state index contributed by atoms with van der Waals surface area (Å²) in [6.07, 6.45) is 6.91. The number of anilines is 3. The number of phenols is 1. The number of aromatic nitrogens is 1. The molecule has 31 heteroatoms. The number of esters is 1. The molecule has 9 rings (SSSR count). The number of allylic oxidation sites excluding steroid dienone is 2. The number of piperazine rings is 1. The first kappa shape index (κ1) is 83.3. The van der Waals surface area contributed by atoms with Crippen molar-refractivity contribution in [2.45, 2.75) is 157 Å². The number of methoxy groups -OCH3 is 1. The highest BCUT2D eigenvalue weighted by atomic mass is 16.7. The van der Waals surface area contributed by atoms with E-state index in [4.69, 9.17) is 38.8 Å². The monoisotopic (exact) mass is 1520 g/mol. The van der Waals surface area contributed by atoms with Crippen molar-refractivity contribution in [1.82, 2.24) is 30.7 Å². The number of imide groups is 1. The zero-order valence-corrected chi connectivity index (χ0v) is 63.8. The highest BCUT2D eigenvalue weighted by molar-refractivity contribution is 6.17. The van der Waals surface area contributed by atoms with E-state index in [0.717, 1.165) is 4.90 Å². The Morgan fingerprint density at radius 2 is 1.53 bits per heavy atom. The molecule has 4 aliphatic heterocycles. The van der Waals surface area contributed by atoms with Crippen molar-refractivity contribution in [2.75, 3.05) is 75.0 Å². The van der Waals surface area contributed by atoms with Crippen molar-refractivity contribution in [3.63, 3.8) is 0 Å². The zero-order chi connectivity index (χ0) is 80.2. The van der Waals surface area contributed by atoms with E-state index in [1.807, 2.05) is 4.90 Å². The van der Waals surface area contributed by atoms with Crippen LogP contribution < -0.4 is 58.0 Å². The van der Waals surface area contributed by atoms with Gasteiger partial charge in [-0.25, -0.2) is 14.6 Å². The number of benzene rings is 4. The molecule has 11 atom stereocenters. The molecule has 4 aromatic carbocycles. The van der Waals surface area contributed by atoms with Gasteiger partial charge in [0, 0.05) is 168 Å². The standard InChI is InChI=1S/C79H100N10O21/c1-41(2)63(84-57(93)20-13-12-14-30-89-58(94)25-26-59(89)95)53(91)37-50(19-16-28-81-77(80)103)76(102)83-51-23-21-49(22-24-51)40-106-78(104)82-29-31-87-32-34-88(35-33-87)52-38-54(92)64-56(39-52)109-73-65(85-64)60-61-69(98)47(8)72-62(60)74(100)79(10,110-72)107-36-27-55(105-11)44(5)71(108-48(9)90)46(7)68(97)45(6)67(96)42(3)17-15-18-43(4)75(101)86-66(73)70(61)99/h15,17-18,21-27,36,38-39,41-42,44-46,50,55,63,67-68,71,96-98,100H,12-14,16,19-20,28-35,37,40H2,1-11H3,(H,82,104)(H,83,102)(H,84,93)(H,86,101)(H3,80,81,103)/b17-15+,36-27+,43-18-/t42-,44+,45+,46+,50+,55-,63-,67-,68+,71+,79-/m0/s1. The number of unbranched alkanes of at least 4 members (excludes halogenated alkanes) is 2. The van der Waals surface area contributed by atoms with E-state index in [0.29, 0.717) is 75.3 Å². The number of carbonyl (C=O) groups excluding carboxylic acids is 9. The van der Waals surface area contributed by atoms with Crippen LogP contribution in [0.4, 0.5) is 26.7 Å². The molecule has 0 spiro atoms. The third kappa shape index (κ3) is 19.6. The number of alkyl carbamates (subject to hydrolysis) is 1. The van der Waals surface area contributed by atoms with Crippen LogP contribution in [-0.2, 0) is 59.1 Å². The van der Waals surface area contributed by atoms with Crippen molar-refractivity contribution in [2.24, 2.45) is 41.2 Å². The van der Waals surface area contributed by atoms with E-state index in [2.05, 4.69) is 31.5 Å². The number of carbonyl (C=O) groups is 9. The Hall–Kier alpha value is -10.8. The summed E-state index contributed by atoms with van der Waals surface area (Å²) in [6, 6.07) is 7.92. The Kier molecular flexibility index (Phi) is 27.7. The molecule has 0 unspecified atom stereocenters. The number of aliphatic hydroxyl groups is 3. The number of hydrogen-bond acceptors (Lipinski definition) is 24. The second-order valence-electron chi connectivity index (χ2n) is 29.1. The molecule has 592 valence electrons. The van der Waals surface area contributed by atoms with Gasteiger partial charge in [0.1, 0.15) is 35.4 Å². The molecule has 110 heavy (non-hydrogen) atoms. The van der Waals surface area contributed by atoms with E-state index < -0.39 is 129 Å². The maximum Gasteiger partial charge on any atom is 0.407 e. The van der Waals surface area contributed by atoms with Crippen molar-refractivity contribution < 1.29 is 91.7 Å². The average molecular weight is 1530 g/mol. The minimum absolute atomic E-state index is 0.000455.